The molecule has 2 heterocycles. The fraction of sp³-hybridized carbons (Fsp3) is 0.0909. The van der Waals surface area contributed by atoms with Crippen LogP contribution in [-0.4, -0.2) is 31.9 Å². The number of amides is 1. The van der Waals surface area contributed by atoms with Crippen LogP contribution in [0.15, 0.2) is 58.3 Å². The van der Waals surface area contributed by atoms with Crippen LogP contribution in [0.1, 0.15) is 15.9 Å². The van der Waals surface area contributed by atoms with Crippen LogP contribution in [0.3, 0.4) is 0 Å². The first kappa shape index (κ1) is 25.1. The second-order valence-corrected chi connectivity index (χ2v) is 8.12. The van der Waals surface area contributed by atoms with Crippen molar-refractivity contribution in [2.45, 2.75) is 12.9 Å². The largest absolute Gasteiger partial charge is 0.573 e. The van der Waals surface area contributed by atoms with Gasteiger partial charge in [-0.15, -0.1) is 13.2 Å². The molecule has 2 aromatic heterocycles. The first-order valence-corrected chi connectivity index (χ1v) is 10.6. The SMILES string of the molecule is O=C(Nc1ccnc2[nH]c(=O)n(Cc3ccccc3OC(F)(F)F)c(=O)c12)c1cc(Cl)c(O)c(Cl)c1. The highest BCUT2D eigenvalue weighted by molar-refractivity contribution is 6.37. The van der Waals surface area contributed by atoms with E-state index < -0.39 is 41.6 Å². The van der Waals surface area contributed by atoms with Crippen LogP contribution in [-0.2, 0) is 6.54 Å². The van der Waals surface area contributed by atoms with Gasteiger partial charge in [-0.25, -0.2) is 9.78 Å². The third kappa shape index (κ3) is 5.14. The average molecular weight is 541 g/mol. The van der Waals surface area contributed by atoms with E-state index in [0.29, 0.717) is 4.57 Å². The lowest BCUT2D eigenvalue weighted by molar-refractivity contribution is -0.274. The second-order valence-electron chi connectivity index (χ2n) is 7.30. The summed E-state index contributed by atoms with van der Waals surface area (Å²) < 4.78 is 43.0. The maximum Gasteiger partial charge on any atom is 0.573 e. The standard InChI is InChI=1S/C22H13Cl2F3N4O5/c23-12-7-11(8-13(24)17(12)32)19(33)29-14-5-6-28-18-16(14)20(34)31(21(35)30-18)9-10-3-1-2-4-15(10)36-22(25,26)27/h1-8,32H,9H2,(H2,28,29,30,33,35). The molecule has 0 atom stereocenters. The highest BCUT2D eigenvalue weighted by atomic mass is 35.5. The Morgan fingerprint density at radius 2 is 1.81 bits per heavy atom. The van der Waals surface area contributed by atoms with E-state index in [9.17, 15) is 32.7 Å². The molecule has 4 aromatic rings. The smallest absolute Gasteiger partial charge is 0.505 e. The number of alkyl halides is 3. The van der Waals surface area contributed by atoms with E-state index in [2.05, 4.69) is 20.0 Å². The Morgan fingerprint density at radius 3 is 2.47 bits per heavy atom. The number of hydrogen-bond donors (Lipinski definition) is 3. The number of para-hydroxylation sites is 1. The van der Waals surface area contributed by atoms with Crippen molar-refractivity contribution in [3.05, 3.63) is 90.7 Å². The summed E-state index contributed by atoms with van der Waals surface area (Å²) in [5.41, 5.74) is -2.23. The van der Waals surface area contributed by atoms with Crippen molar-refractivity contribution in [3.63, 3.8) is 0 Å². The fourth-order valence-corrected chi connectivity index (χ4v) is 3.82. The summed E-state index contributed by atoms with van der Waals surface area (Å²) in [6.07, 6.45) is -3.76. The van der Waals surface area contributed by atoms with Gasteiger partial charge in [0.25, 0.3) is 11.5 Å². The van der Waals surface area contributed by atoms with Crippen LogP contribution >= 0.6 is 23.2 Å². The molecule has 0 saturated carbocycles. The fourth-order valence-electron chi connectivity index (χ4n) is 3.34. The van der Waals surface area contributed by atoms with Crippen molar-refractivity contribution in [3.8, 4) is 11.5 Å². The van der Waals surface area contributed by atoms with Gasteiger partial charge in [0, 0.05) is 17.3 Å². The van der Waals surface area contributed by atoms with Crippen LogP contribution in [0.25, 0.3) is 11.0 Å². The predicted molar refractivity (Wildman–Crippen MR) is 125 cm³/mol. The number of phenolic OH excluding ortho intramolecular Hbond substituents is 1. The van der Waals surface area contributed by atoms with Crippen molar-refractivity contribution in [1.82, 2.24) is 14.5 Å². The minimum Gasteiger partial charge on any atom is -0.505 e. The van der Waals surface area contributed by atoms with Crippen molar-refractivity contribution >= 4 is 45.8 Å². The lowest BCUT2D eigenvalue weighted by atomic mass is 10.2. The average Bonchev–Trinajstić information content (AvgIpc) is 2.79. The number of benzene rings is 2. The van der Waals surface area contributed by atoms with Gasteiger partial charge >= 0.3 is 12.1 Å². The van der Waals surface area contributed by atoms with Gasteiger partial charge < -0.3 is 15.2 Å². The van der Waals surface area contributed by atoms with Gasteiger partial charge in [-0.2, -0.15) is 0 Å². The highest BCUT2D eigenvalue weighted by Crippen LogP contribution is 2.33. The molecule has 4 rings (SSSR count). The maximum atomic E-state index is 13.3. The molecule has 0 aliphatic carbocycles. The number of carbonyl (C=O) groups excluding carboxylic acids is 1. The van der Waals surface area contributed by atoms with Gasteiger partial charge in [0.15, 0.2) is 5.75 Å². The Balaban J connectivity index is 1.77. The monoisotopic (exact) mass is 540 g/mol. The highest BCUT2D eigenvalue weighted by Gasteiger charge is 2.32. The number of rotatable bonds is 5. The molecule has 0 bridgehead atoms. The van der Waals surface area contributed by atoms with E-state index in [-0.39, 0.29) is 37.9 Å². The Morgan fingerprint density at radius 1 is 1.14 bits per heavy atom. The zero-order chi connectivity index (χ0) is 26.2. The summed E-state index contributed by atoms with van der Waals surface area (Å²) in [5.74, 6) is -1.76. The molecule has 0 aliphatic heterocycles. The number of halogens is 5. The number of aromatic hydroxyl groups is 1. The maximum absolute atomic E-state index is 13.3. The van der Waals surface area contributed by atoms with Crippen molar-refractivity contribution < 1.29 is 27.8 Å². The molecule has 36 heavy (non-hydrogen) atoms. The van der Waals surface area contributed by atoms with Crippen LogP contribution in [0.2, 0.25) is 10.0 Å². The Hall–Kier alpha value is -4.03. The molecule has 14 heteroatoms. The third-order valence-electron chi connectivity index (χ3n) is 4.93. The summed E-state index contributed by atoms with van der Waals surface area (Å²) >= 11 is 11.7. The van der Waals surface area contributed by atoms with Crippen molar-refractivity contribution in [2.24, 2.45) is 0 Å². The molecule has 9 nitrogen and oxygen atoms in total. The summed E-state index contributed by atoms with van der Waals surface area (Å²) in [7, 11) is 0. The minimum absolute atomic E-state index is 0.0456. The van der Waals surface area contributed by atoms with Crippen LogP contribution in [0.5, 0.6) is 11.5 Å². The molecule has 0 spiro atoms. The van der Waals surface area contributed by atoms with Gasteiger partial charge in [-0.1, -0.05) is 41.4 Å². The molecule has 186 valence electrons. The quantitative estimate of drug-likeness (QED) is 0.346. The topological polar surface area (TPSA) is 126 Å². The van der Waals surface area contributed by atoms with E-state index in [4.69, 9.17) is 23.2 Å². The predicted octanol–water partition coefficient (Wildman–Crippen LogP) is 4.30. The number of fused-ring (bicyclic) bond motifs is 1. The number of phenols is 1. The first-order valence-electron chi connectivity index (χ1n) is 9.89. The number of pyridine rings is 1. The van der Waals surface area contributed by atoms with Gasteiger partial charge in [0.2, 0.25) is 0 Å². The Labute approximate surface area is 208 Å². The minimum atomic E-state index is -4.99. The van der Waals surface area contributed by atoms with Crippen LogP contribution in [0.4, 0.5) is 18.9 Å². The number of H-pyrrole nitrogens is 1. The number of ether oxygens (including phenoxy) is 1. The number of nitrogens with zero attached hydrogens (tertiary/aromatic N) is 2. The molecule has 0 fully saturated rings. The number of aromatic nitrogens is 3. The third-order valence-corrected chi connectivity index (χ3v) is 5.51. The second kappa shape index (κ2) is 9.55. The van der Waals surface area contributed by atoms with Gasteiger partial charge in [0.05, 0.1) is 22.3 Å². The molecule has 0 unspecified atom stereocenters. The summed E-state index contributed by atoms with van der Waals surface area (Å²) in [6, 6.07) is 8.62. The lowest BCUT2D eigenvalue weighted by Crippen LogP contribution is -2.36. The number of nitrogens with one attached hydrogen (secondary N) is 2. The molecular formula is C22H13Cl2F3N4O5. The lowest BCUT2D eigenvalue weighted by Gasteiger charge is -2.14. The van der Waals surface area contributed by atoms with Gasteiger partial charge in [-0.05, 0) is 24.3 Å². The first-order chi connectivity index (χ1) is 16.9. The number of anilines is 1. The summed E-state index contributed by atoms with van der Waals surface area (Å²) in [4.78, 5) is 44.9. The zero-order valence-corrected chi connectivity index (χ0v) is 19.2. The Kier molecular flexibility index (Phi) is 6.65. The van der Waals surface area contributed by atoms with Gasteiger partial charge in [0.1, 0.15) is 16.8 Å². The molecule has 0 saturated heterocycles. The summed E-state index contributed by atoms with van der Waals surface area (Å²) in [5, 5.41) is 11.6. The number of aromatic amines is 1. The van der Waals surface area contributed by atoms with Crippen LogP contribution in [0, 0.1) is 0 Å². The normalized spacial score (nSPS) is 11.5. The van der Waals surface area contributed by atoms with Crippen LogP contribution < -0.4 is 21.3 Å². The number of hydrogen-bond acceptors (Lipinski definition) is 6. The molecule has 1 amide bonds. The van der Waals surface area contributed by atoms with Crippen molar-refractivity contribution in [2.75, 3.05) is 5.32 Å². The molecular weight excluding hydrogens is 528 g/mol. The van der Waals surface area contributed by atoms with E-state index in [1.54, 1.807) is 0 Å². The molecule has 2 aromatic carbocycles. The van der Waals surface area contributed by atoms with E-state index in [0.717, 1.165) is 18.2 Å². The summed E-state index contributed by atoms with van der Waals surface area (Å²) in [6.45, 7) is -0.568. The molecule has 0 radical (unpaired) electrons. The van der Waals surface area contributed by atoms with E-state index in [1.807, 2.05) is 0 Å². The molecule has 3 N–H and O–H groups in total. The van der Waals surface area contributed by atoms with Gasteiger partial charge in [-0.3, -0.25) is 19.1 Å². The van der Waals surface area contributed by atoms with E-state index >= 15 is 0 Å². The Bertz CT molecular complexity index is 1600. The molecule has 0 aliphatic rings. The van der Waals surface area contributed by atoms with E-state index in [1.165, 1.54) is 30.5 Å². The zero-order valence-electron chi connectivity index (χ0n) is 17.7. The van der Waals surface area contributed by atoms with Crippen molar-refractivity contribution in [1.29, 1.82) is 0 Å². The number of carbonyl (C=O) groups is 1.